The van der Waals surface area contributed by atoms with Crippen molar-refractivity contribution >= 4 is 0 Å². The van der Waals surface area contributed by atoms with E-state index >= 15 is 0 Å². The summed E-state index contributed by atoms with van der Waals surface area (Å²) >= 11 is 0. The summed E-state index contributed by atoms with van der Waals surface area (Å²) in [5, 5.41) is 0. The van der Waals surface area contributed by atoms with Crippen LogP contribution in [0.3, 0.4) is 0 Å². The molecule has 0 spiro atoms. The molecule has 0 radical (unpaired) electrons. The van der Waals surface area contributed by atoms with Crippen LogP contribution in [0, 0.1) is 6.92 Å². The summed E-state index contributed by atoms with van der Waals surface area (Å²) in [5.74, 6) is 0. The molecule has 0 saturated heterocycles. The van der Waals surface area contributed by atoms with Crippen LogP contribution in [0.15, 0.2) is 12.1 Å². The zero-order chi connectivity index (χ0) is 6.97. The first-order valence-electron chi connectivity index (χ1n) is 4.11. The maximum Gasteiger partial charge on any atom is 0 e. The van der Waals surface area contributed by atoms with E-state index in [1.54, 1.807) is 11.1 Å². The van der Waals surface area contributed by atoms with Gasteiger partial charge in [0.15, 0.2) is 0 Å². The molecular weight excluding hydrogens is 168 g/mol. The molecule has 0 saturated carbocycles. The smallest absolute Gasteiger partial charge is 0 e. The Hall–Kier alpha value is 0.0643. The van der Waals surface area contributed by atoms with E-state index in [4.69, 9.17) is 0 Å². The Morgan fingerprint density at radius 3 is 2.73 bits per heavy atom. The van der Waals surface area contributed by atoms with Gasteiger partial charge >= 0.3 is 0 Å². The quantitative estimate of drug-likeness (QED) is 0.426. The summed E-state index contributed by atoms with van der Waals surface area (Å²) in [7, 11) is 0. The van der Waals surface area contributed by atoms with Crippen molar-refractivity contribution in [2.24, 2.45) is 0 Å². The van der Waals surface area contributed by atoms with E-state index in [2.05, 4.69) is 19.1 Å². The van der Waals surface area contributed by atoms with Gasteiger partial charge in [0.1, 0.15) is 0 Å². The standard InChI is InChI=1S/C10H13.Ti/c1-8-6-9-4-2-3-5-10(9)7-8;/h6-7H,2-5H2,1H3;/q-1;. The molecule has 0 aliphatic heterocycles. The molecule has 0 fully saturated rings. The Bertz CT molecular complexity index is 212. The normalized spacial score (nSPS) is 15.4. The van der Waals surface area contributed by atoms with Crippen molar-refractivity contribution in [2.75, 3.05) is 0 Å². The summed E-state index contributed by atoms with van der Waals surface area (Å²) in [5.41, 5.74) is 4.68. The van der Waals surface area contributed by atoms with Crippen molar-refractivity contribution in [3.63, 3.8) is 0 Å². The predicted molar refractivity (Wildman–Crippen MR) is 43.4 cm³/mol. The second kappa shape index (κ2) is 3.64. The second-order valence-corrected chi connectivity index (χ2v) is 3.29. The topological polar surface area (TPSA) is 0 Å². The van der Waals surface area contributed by atoms with Crippen LogP contribution in [0.4, 0.5) is 0 Å². The van der Waals surface area contributed by atoms with Gasteiger partial charge in [-0.2, -0.15) is 22.8 Å². The molecule has 0 heterocycles. The largest absolute Gasteiger partial charge is 0.207 e. The fraction of sp³-hybridized carbons (Fsp3) is 0.500. The minimum atomic E-state index is 0. The zero-order valence-corrected chi connectivity index (χ0v) is 8.54. The van der Waals surface area contributed by atoms with E-state index < -0.39 is 0 Å². The van der Waals surface area contributed by atoms with Gasteiger partial charge in [-0.3, -0.25) is 0 Å². The number of hydrogen-bond donors (Lipinski definition) is 0. The summed E-state index contributed by atoms with van der Waals surface area (Å²) in [4.78, 5) is 0. The van der Waals surface area contributed by atoms with Gasteiger partial charge < -0.3 is 0 Å². The van der Waals surface area contributed by atoms with Gasteiger partial charge in [0, 0.05) is 21.7 Å². The molecule has 0 aromatic heterocycles. The van der Waals surface area contributed by atoms with Crippen molar-refractivity contribution < 1.29 is 21.7 Å². The fourth-order valence-electron chi connectivity index (χ4n) is 1.87. The first-order chi connectivity index (χ1) is 4.86. The van der Waals surface area contributed by atoms with Crippen molar-refractivity contribution in [3.05, 3.63) is 28.8 Å². The molecular formula is C10H13Ti-. The Morgan fingerprint density at radius 1 is 1.27 bits per heavy atom. The number of fused-ring (bicyclic) bond motifs is 1. The number of hydrogen-bond acceptors (Lipinski definition) is 0. The van der Waals surface area contributed by atoms with E-state index in [0.29, 0.717) is 0 Å². The molecule has 2 rings (SSSR count). The van der Waals surface area contributed by atoms with Crippen molar-refractivity contribution in [3.8, 4) is 0 Å². The zero-order valence-electron chi connectivity index (χ0n) is 6.98. The molecule has 58 valence electrons. The summed E-state index contributed by atoms with van der Waals surface area (Å²) in [6.45, 7) is 2.19. The predicted octanol–water partition coefficient (Wildman–Crippen LogP) is 2.59. The monoisotopic (exact) mass is 181 g/mol. The molecule has 1 heteroatoms. The van der Waals surface area contributed by atoms with E-state index in [1.807, 2.05) is 0 Å². The molecule has 1 aromatic rings. The van der Waals surface area contributed by atoms with Crippen LogP contribution in [0.2, 0.25) is 0 Å². The van der Waals surface area contributed by atoms with E-state index in [1.165, 1.54) is 31.2 Å². The first-order valence-corrected chi connectivity index (χ1v) is 4.11. The van der Waals surface area contributed by atoms with Gasteiger partial charge in [-0.05, 0) is 0 Å². The van der Waals surface area contributed by atoms with E-state index in [-0.39, 0.29) is 21.7 Å². The minimum absolute atomic E-state index is 0. The molecule has 1 aliphatic rings. The summed E-state index contributed by atoms with van der Waals surface area (Å²) in [6, 6.07) is 4.68. The van der Waals surface area contributed by atoms with Gasteiger partial charge in [-0.1, -0.05) is 32.6 Å². The van der Waals surface area contributed by atoms with Crippen LogP contribution < -0.4 is 0 Å². The molecule has 1 aromatic carbocycles. The fourth-order valence-corrected chi connectivity index (χ4v) is 1.87. The molecule has 11 heavy (non-hydrogen) atoms. The van der Waals surface area contributed by atoms with E-state index in [0.717, 1.165) is 0 Å². The Labute approximate surface area is 83.2 Å². The van der Waals surface area contributed by atoms with E-state index in [9.17, 15) is 0 Å². The van der Waals surface area contributed by atoms with Gasteiger partial charge in [-0.25, -0.2) is 6.07 Å². The third-order valence-corrected chi connectivity index (χ3v) is 2.36. The molecule has 0 nitrogen and oxygen atoms in total. The maximum atomic E-state index is 2.34. The van der Waals surface area contributed by atoms with Gasteiger partial charge in [-0.15, -0.1) is 0 Å². The van der Waals surface area contributed by atoms with Gasteiger partial charge in [0.2, 0.25) is 0 Å². The molecule has 0 atom stereocenters. The Kier molecular flexibility index (Phi) is 3.03. The van der Waals surface area contributed by atoms with Crippen LogP contribution in [0.1, 0.15) is 29.5 Å². The Balaban J connectivity index is 0.000000605. The summed E-state index contributed by atoms with van der Waals surface area (Å²) in [6.07, 6.45) is 5.44. The number of rotatable bonds is 0. The third-order valence-electron chi connectivity index (χ3n) is 2.36. The van der Waals surface area contributed by atoms with Crippen molar-refractivity contribution in [2.45, 2.75) is 32.6 Å². The van der Waals surface area contributed by atoms with Crippen molar-refractivity contribution in [1.29, 1.82) is 0 Å². The number of aryl methyl sites for hydroxylation is 3. The molecule has 1 aliphatic carbocycles. The van der Waals surface area contributed by atoms with Crippen LogP contribution in [-0.4, -0.2) is 0 Å². The average molecular weight is 181 g/mol. The second-order valence-electron chi connectivity index (χ2n) is 3.29. The third kappa shape index (κ3) is 1.80. The minimum Gasteiger partial charge on any atom is -0.207 e. The van der Waals surface area contributed by atoms with Crippen LogP contribution >= 0.6 is 0 Å². The van der Waals surface area contributed by atoms with Crippen LogP contribution in [0.25, 0.3) is 0 Å². The molecule has 0 unspecified atom stereocenters. The molecule has 0 N–H and O–H groups in total. The van der Waals surface area contributed by atoms with Crippen molar-refractivity contribution in [1.82, 2.24) is 0 Å². The SMILES string of the molecule is Cc1cc2c([cH-]1)CCCC2.[Ti]. The first kappa shape index (κ1) is 9.15. The van der Waals surface area contributed by atoms with Crippen LogP contribution in [0.5, 0.6) is 0 Å². The van der Waals surface area contributed by atoms with Gasteiger partial charge in [0.25, 0.3) is 0 Å². The maximum absolute atomic E-state index is 2.34. The van der Waals surface area contributed by atoms with Gasteiger partial charge in [0.05, 0.1) is 0 Å². The Morgan fingerprint density at radius 2 is 2.00 bits per heavy atom. The summed E-state index contributed by atoms with van der Waals surface area (Å²) < 4.78 is 0. The van der Waals surface area contributed by atoms with Crippen LogP contribution in [-0.2, 0) is 34.6 Å². The average Bonchev–Trinajstić information content (AvgIpc) is 2.27. The molecule has 0 bridgehead atoms. The molecule has 0 amide bonds.